The Kier molecular flexibility index (Phi) is 7.81. The van der Waals surface area contributed by atoms with Crippen LogP contribution >= 0.6 is 11.8 Å². The van der Waals surface area contributed by atoms with E-state index < -0.39 is 12.0 Å². The summed E-state index contributed by atoms with van der Waals surface area (Å²) in [7, 11) is 0. The molecule has 15 heavy (non-hydrogen) atoms. The van der Waals surface area contributed by atoms with Gasteiger partial charge in [-0.3, -0.25) is 4.79 Å². The molecule has 0 bridgehead atoms. The molecule has 2 N–H and O–H groups in total. The molecule has 0 radical (unpaired) electrons. The van der Waals surface area contributed by atoms with Gasteiger partial charge in [0.25, 0.3) is 0 Å². The molecule has 5 heteroatoms. The Labute approximate surface area is 94.1 Å². The van der Waals surface area contributed by atoms with Crippen molar-refractivity contribution >= 4 is 23.6 Å². The third-order valence-corrected chi connectivity index (χ3v) is 2.67. The van der Waals surface area contributed by atoms with Gasteiger partial charge >= 0.3 is 5.97 Å². The van der Waals surface area contributed by atoms with E-state index in [0.29, 0.717) is 17.9 Å². The molecule has 1 atom stereocenters. The minimum Gasteiger partial charge on any atom is -0.480 e. The summed E-state index contributed by atoms with van der Waals surface area (Å²) in [5.41, 5.74) is 0. The Bertz CT molecular complexity index is 231. The van der Waals surface area contributed by atoms with Gasteiger partial charge in [0, 0.05) is 17.9 Å². The van der Waals surface area contributed by atoms with Crippen LogP contribution in [0.2, 0.25) is 0 Å². The molecule has 0 aromatic rings. The fourth-order valence-corrected chi connectivity index (χ4v) is 1.70. The number of carbonyl (C=O) groups excluding carboxylic acids is 1. The maximum absolute atomic E-state index is 11.2. The van der Waals surface area contributed by atoms with Gasteiger partial charge in [0.2, 0.25) is 5.91 Å². The minimum atomic E-state index is -0.990. The third kappa shape index (κ3) is 7.02. The standard InChI is InChI=1S/C10H17NO3S/c1-3-5-9(12)11-8(10(13)14)7-15-6-4-2/h4,8H,2-3,5-7H2,1H3,(H,11,12)(H,13,14). The summed E-state index contributed by atoms with van der Waals surface area (Å²) in [4.78, 5) is 22.0. The fraction of sp³-hybridized carbons (Fsp3) is 0.600. The number of nitrogens with one attached hydrogen (secondary N) is 1. The molecule has 0 saturated carbocycles. The van der Waals surface area contributed by atoms with E-state index in [2.05, 4.69) is 11.9 Å². The first-order valence-corrected chi connectivity index (χ1v) is 5.98. The van der Waals surface area contributed by atoms with Crippen molar-refractivity contribution in [3.63, 3.8) is 0 Å². The van der Waals surface area contributed by atoms with Crippen LogP contribution in [0, 0.1) is 0 Å². The average Bonchev–Trinajstić information content (AvgIpc) is 2.16. The normalized spacial score (nSPS) is 11.8. The van der Waals surface area contributed by atoms with Crippen molar-refractivity contribution in [2.75, 3.05) is 11.5 Å². The number of hydrogen-bond donors (Lipinski definition) is 2. The van der Waals surface area contributed by atoms with Crippen LogP contribution in [0.4, 0.5) is 0 Å². The van der Waals surface area contributed by atoms with Gasteiger partial charge in [-0.2, -0.15) is 11.8 Å². The molecule has 0 aliphatic heterocycles. The molecule has 4 nitrogen and oxygen atoms in total. The lowest BCUT2D eigenvalue weighted by Crippen LogP contribution is -2.42. The van der Waals surface area contributed by atoms with Crippen molar-refractivity contribution in [1.82, 2.24) is 5.32 Å². The summed E-state index contributed by atoms with van der Waals surface area (Å²) >= 11 is 1.44. The maximum atomic E-state index is 11.2. The lowest BCUT2D eigenvalue weighted by molar-refractivity contribution is -0.141. The van der Waals surface area contributed by atoms with E-state index in [0.717, 1.165) is 6.42 Å². The molecule has 0 aromatic heterocycles. The highest BCUT2D eigenvalue weighted by molar-refractivity contribution is 7.99. The van der Waals surface area contributed by atoms with E-state index in [1.54, 1.807) is 6.08 Å². The van der Waals surface area contributed by atoms with Crippen LogP contribution in [0.1, 0.15) is 19.8 Å². The van der Waals surface area contributed by atoms with Crippen molar-refractivity contribution in [3.8, 4) is 0 Å². The summed E-state index contributed by atoms with van der Waals surface area (Å²) in [5.74, 6) is -0.135. The fourth-order valence-electron chi connectivity index (χ4n) is 0.937. The van der Waals surface area contributed by atoms with Crippen LogP contribution in [-0.2, 0) is 9.59 Å². The zero-order chi connectivity index (χ0) is 11.7. The minimum absolute atomic E-state index is 0.205. The molecular formula is C10H17NO3S. The molecule has 0 heterocycles. The number of amides is 1. The monoisotopic (exact) mass is 231 g/mol. The summed E-state index contributed by atoms with van der Waals surface area (Å²) in [6, 6.07) is -0.797. The van der Waals surface area contributed by atoms with E-state index >= 15 is 0 Å². The smallest absolute Gasteiger partial charge is 0.327 e. The van der Waals surface area contributed by atoms with Crippen molar-refractivity contribution in [1.29, 1.82) is 0 Å². The molecular weight excluding hydrogens is 214 g/mol. The number of rotatable bonds is 8. The first-order valence-electron chi connectivity index (χ1n) is 4.82. The molecule has 1 amide bonds. The van der Waals surface area contributed by atoms with E-state index in [1.807, 2.05) is 6.92 Å². The summed E-state index contributed by atoms with van der Waals surface area (Å²) < 4.78 is 0. The molecule has 0 aliphatic carbocycles. The van der Waals surface area contributed by atoms with Gasteiger partial charge in [0.1, 0.15) is 6.04 Å². The molecule has 86 valence electrons. The highest BCUT2D eigenvalue weighted by Crippen LogP contribution is 2.03. The first kappa shape index (κ1) is 14.0. The lowest BCUT2D eigenvalue weighted by atomic mass is 10.3. The van der Waals surface area contributed by atoms with Gasteiger partial charge in [-0.1, -0.05) is 13.0 Å². The Hall–Kier alpha value is -0.970. The zero-order valence-electron chi connectivity index (χ0n) is 8.86. The zero-order valence-corrected chi connectivity index (χ0v) is 9.68. The Morgan fingerprint density at radius 1 is 1.60 bits per heavy atom. The summed E-state index contributed by atoms with van der Waals surface area (Å²) in [6.45, 7) is 5.41. The maximum Gasteiger partial charge on any atom is 0.327 e. The quantitative estimate of drug-likeness (QED) is 0.488. The van der Waals surface area contributed by atoms with Crippen LogP contribution in [0.25, 0.3) is 0 Å². The number of carboxylic acid groups (broad SMARTS) is 1. The first-order chi connectivity index (χ1) is 7.11. The van der Waals surface area contributed by atoms with E-state index in [9.17, 15) is 9.59 Å². The number of hydrogen-bond acceptors (Lipinski definition) is 3. The van der Waals surface area contributed by atoms with Crippen LogP contribution < -0.4 is 5.32 Å². The van der Waals surface area contributed by atoms with E-state index in [1.165, 1.54) is 11.8 Å². The number of aliphatic carboxylic acids is 1. The molecule has 0 fully saturated rings. The molecule has 1 unspecified atom stereocenters. The average molecular weight is 231 g/mol. The highest BCUT2D eigenvalue weighted by Gasteiger charge is 2.18. The van der Waals surface area contributed by atoms with Crippen LogP contribution in [-0.4, -0.2) is 34.5 Å². The van der Waals surface area contributed by atoms with Gasteiger partial charge in [0.15, 0.2) is 0 Å². The number of carboxylic acids is 1. The van der Waals surface area contributed by atoms with Gasteiger partial charge in [-0.05, 0) is 6.42 Å². The van der Waals surface area contributed by atoms with E-state index in [4.69, 9.17) is 5.11 Å². The summed E-state index contributed by atoms with van der Waals surface area (Å²) in [5, 5.41) is 11.3. The van der Waals surface area contributed by atoms with Gasteiger partial charge < -0.3 is 10.4 Å². The third-order valence-electron chi connectivity index (χ3n) is 1.63. The van der Waals surface area contributed by atoms with Crippen molar-refractivity contribution in [3.05, 3.63) is 12.7 Å². The predicted octanol–water partition coefficient (Wildman–Crippen LogP) is 1.28. The second-order valence-electron chi connectivity index (χ2n) is 3.03. The number of thioether (sulfide) groups is 1. The second-order valence-corrected chi connectivity index (χ2v) is 4.11. The Morgan fingerprint density at radius 2 is 2.27 bits per heavy atom. The topological polar surface area (TPSA) is 66.4 Å². The SMILES string of the molecule is C=CCSCC(NC(=O)CCC)C(=O)O. The predicted molar refractivity (Wildman–Crippen MR) is 62.0 cm³/mol. The second kappa shape index (κ2) is 8.35. The molecule has 0 spiro atoms. The molecule has 0 aliphatic rings. The van der Waals surface area contributed by atoms with Gasteiger partial charge in [0.05, 0.1) is 0 Å². The molecule has 0 aromatic carbocycles. The van der Waals surface area contributed by atoms with Gasteiger partial charge in [-0.15, -0.1) is 6.58 Å². The largest absolute Gasteiger partial charge is 0.480 e. The van der Waals surface area contributed by atoms with Gasteiger partial charge in [-0.25, -0.2) is 4.79 Å². The molecule has 0 saturated heterocycles. The Morgan fingerprint density at radius 3 is 2.73 bits per heavy atom. The number of carbonyl (C=O) groups is 2. The highest BCUT2D eigenvalue weighted by atomic mass is 32.2. The van der Waals surface area contributed by atoms with Crippen LogP contribution in [0.3, 0.4) is 0 Å². The van der Waals surface area contributed by atoms with Crippen LogP contribution in [0.5, 0.6) is 0 Å². The lowest BCUT2D eigenvalue weighted by Gasteiger charge is -2.13. The van der Waals surface area contributed by atoms with Crippen LogP contribution in [0.15, 0.2) is 12.7 Å². The van der Waals surface area contributed by atoms with Crippen molar-refractivity contribution < 1.29 is 14.7 Å². The Balaban J connectivity index is 3.98. The molecule has 0 rings (SSSR count). The van der Waals surface area contributed by atoms with Crippen molar-refractivity contribution in [2.45, 2.75) is 25.8 Å². The van der Waals surface area contributed by atoms with E-state index in [-0.39, 0.29) is 5.91 Å². The van der Waals surface area contributed by atoms with Crippen molar-refractivity contribution in [2.24, 2.45) is 0 Å². The summed E-state index contributed by atoms with van der Waals surface area (Å²) in [6.07, 6.45) is 2.80.